The van der Waals surface area contributed by atoms with E-state index in [0.717, 1.165) is 29.2 Å². The second-order valence-electron chi connectivity index (χ2n) is 7.22. The van der Waals surface area contributed by atoms with E-state index in [1.807, 2.05) is 36.4 Å². The summed E-state index contributed by atoms with van der Waals surface area (Å²) in [7, 11) is 0. The smallest absolute Gasteiger partial charge is 0.240 e. The normalized spacial score (nSPS) is 10.9. The summed E-state index contributed by atoms with van der Waals surface area (Å²) in [5.74, 6) is -0.699. The molecule has 0 saturated carbocycles. The van der Waals surface area contributed by atoms with E-state index in [-0.39, 0.29) is 18.5 Å². The van der Waals surface area contributed by atoms with Crippen molar-refractivity contribution in [1.82, 2.24) is 5.43 Å². The van der Waals surface area contributed by atoms with Gasteiger partial charge >= 0.3 is 0 Å². The van der Waals surface area contributed by atoms with Gasteiger partial charge in [0.15, 0.2) is 0 Å². The zero-order chi connectivity index (χ0) is 22.8. The van der Waals surface area contributed by atoms with E-state index in [1.54, 1.807) is 12.3 Å². The van der Waals surface area contributed by atoms with Crippen LogP contribution in [0.3, 0.4) is 0 Å². The summed E-state index contributed by atoms with van der Waals surface area (Å²) in [6, 6.07) is 17.6. The molecule has 0 fully saturated rings. The molecule has 6 nitrogen and oxygen atoms in total. The van der Waals surface area contributed by atoms with Crippen LogP contribution < -0.4 is 15.5 Å². The van der Waals surface area contributed by atoms with E-state index in [1.165, 1.54) is 18.2 Å². The van der Waals surface area contributed by atoms with Gasteiger partial charge < -0.3 is 10.1 Å². The first-order chi connectivity index (χ1) is 15.6. The van der Waals surface area contributed by atoms with Crippen molar-refractivity contribution >= 4 is 34.5 Å². The van der Waals surface area contributed by atoms with Crippen LogP contribution in [-0.4, -0.2) is 24.6 Å². The van der Waals surface area contributed by atoms with Crippen LogP contribution in [-0.2, 0) is 9.59 Å². The van der Waals surface area contributed by atoms with Crippen LogP contribution in [0.1, 0.15) is 38.2 Å². The number of carbonyl (C=O) groups is 2. The summed E-state index contributed by atoms with van der Waals surface area (Å²) >= 11 is 0. The number of nitrogens with zero attached hydrogens (tertiary/aromatic N) is 1. The summed E-state index contributed by atoms with van der Waals surface area (Å²) in [5.41, 5.74) is 3.30. The van der Waals surface area contributed by atoms with Gasteiger partial charge in [0, 0.05) is 18.4 Å². The molecule has 0 spiro atoms. The van der Waals surface area contributed by atoms with Crippen LogP contribution in [0.4, 0.5) is 10.1 Å². The highest BCUT2D eigenvalue weighted by atomic mass is 19.1. The fourth-order valence-electron chi connectivity index (χ4n) is 3.09. The molecule has 7 heteroatoms. The van der Waals surface area contributed by atoms with Crippen LogP contribution in [0.5, 0.6) is 5.75 Å². The monoisotopic (exact) mass is 435 g/mol. The molecule has 3 aromatic rings. The standard InChI is InChI=1S/C25H26FN3O3/c1-2-3-16-32-23-13-12-18-8-4-5-9-19(18)20(23)17-27-29-25(31)15-14-24(30)28-22-11-7-6-10-21(22)26/h4-13,17H,2-3,14-16H2,1H3,(H,28,30)(H,29,31). The van der Waals surface area contributed by atoms with E-state index >= 15 is 0 Å². The molecule has 166 valence electrons. The molecule has 0 saturated heterocycles. The third-order valence-electron chi connectivity index (χ3n) is 4.80. The van der Waals surface area contributed by atoms with Crippen LogP contribution in [0.15, 0.2) is 65.8 Å². The number of hydrazone groups is 1. The van der Waals surface area contributed by atoms with E-state index < -0.39 is 17.6 Å². The number of amides is 2. The molecule has 3 aromatic carbocycles. The Kier molecular flexibility index (Phi) is 8.31. The Balaban J connectivity index is 1.59. The number of anilines is 1. The molecule has 0 unspecified atom stereocenters. The third-order valence-corrected chi connectivity index (χ3v) is 4.80. The Hall–Kier alpha value is -3.74. The summed E-state index contributed by atoms with van der Waals surface area (Å²) in [6.45, 7) is 2.69. The summed E-state index contributed by atoms with van der Waals surface area (Å²) < 4.78 is 19.5. The topological polar surface area (TPSA) is 79.8 Å². The molecule has 0 aromatic heterocycles. The molecule has 0 aliphatic rings. The number of hydrogen-bond donors (Lipinski definition) is 2. The number of halogens is 1. The fourth-order valence-corrected chi connectivity index (χ4v) is 3.09. The molecular weight excluding hydrogens is 409 g/mol. The first-order valence-corrected chi connectivity index (χ1v) is 10.6. The predicted octanol–water partition coefficient (Wildman–Crippen LogP) is 5.03. The highest BCUT2D eigenvalue weighted by molar-refractivity contribution is 6.02. The summed E-state index contributed by atoms with van der Waals surface area (Å²) in [6.07, 6.45) is 3.36. The number of hydrogen-bond acceptors (Lipinski definition) is 4. The second-order valence-corrected chi connectivity index (χ2v) is 7.22. The van der Waals surface area contributed by atoms with Crippen molar-refractivity contribution in [3.63, 3.8) is 0 Å². The van der Waals surface area contributed by atoms with Crippen LogP contribution >= 0.6 is 0 Å². The van der Waals surface area contributed by atoms with Crippen molar-refractivity contribution in [2.45, 2.75) is 32.6 Å². The van der Waals surface area contributed by atoms with Gasteiger partial charge in [-0.15, -0.1) is 0 Å². The maximum absolute atomic E-state index is 13.6. The Morgan fingerprint density at radius 3 is 2.56 bits per heavy atom. The number of para-hydroxylation sites is 1. The Labute approximate surface area is 186 Å². The van der Waals surface area contributed by atoms with Gasteiger partial charge in [-0.1, -0.05) is 55.8 Å². The van der Waals surface area contributed by atoms with Gasteiger partial charge in [-0.3, -0.25) is 9.59 Å². The maximum atomic E-state index is 13.6. The molecule has 0 radical (unpaired) electrons. The predicted molar refractivity (Wildman–Crippen MR) is 124 cm³/mol. The van der Waals surface area contributed by atoms with E-state index in [9.17, 15) is 14.0 Å². The number of fused-ring (bicyclic) bond motifs is 1. The van der Waals surface area contributed by atoms with E-state index in [4.69, 9.17) is 4.74 Å². The quantitative estimate of drug-likeness (QED) is 0.266. The number of nitrogens with one attached hydrogen (secondary N) is 2. The number of benzene rings is 3. The zero-order valence-electron chi connectivity index (χ0n) is 17.9. The molecule has 0 bridgehead atoms. The molecule has 2 amide bonds. The minimum atomic E-state index is -0.526. The number of carbonyl (C=O) groups excluding carboxylic acids is 2. The van der Waals surface area contributed by atoms with Crippen LogP contribution in [0, 0.1) is 5.82 Å². The molecule has 0 aliphatic carbocycles. The minimum Gasteiger partial charge on any atom is -0.493 e. The van der Waals surface area contributed by atoms with E-state index in [2.05, 4.69) is 22.8 Å². The van der Waals surface area contributed by atoms with Crippen molar-refractivity contribution in [2.75, 3.05) is 11.9 Å². The van der Waals surface area contributed by atoms with Gasteiger partial charge in [0.2, 0.25) is 11.8 Å². The molecule has 32 heavy (non-hydrogen) atoms. The van der Waals surface area contributed by atoms with Crippen LogP contribution in [0.2, 0.25) is 0 Å². The third kappa shape index (κ3) is 6.38. The van der Waals surface area contributed by atoms with Gasteiger partial charge in [-0.25, -0.2) is 9.82 Å². The first-order valence-electron chi connectivity index (χ1n) is 10.6. The number of rotatable bonds is 10. The minimum absolute atomic E-state index is 0.0764. The fraction of sp³-hybridized carbons (Fsp3) is 0.240. The number of unbranched alkanes of at least 4 members (excludes halogenated alkanes) is 1. The molecule has 3 rings (SSSR count). The van der Waals surface area contributed by atoms with Crippen LogP contribution in [0.25, 0.3) is 10.8 Å². The van der Waals surface area contributed by atoms with Crippen molar-refractivity contribution < 1.29 is 18.7 Å². The highest BCUT2D eigenvalue weighted by Crippen LogP contribution is 2.27. The average Bonchev–Trinajstić information content (AvgIpc) is 2.80. The van der Waals surface area contributed by atoms with Crippen molar-refractivity contribution in [3.8, 4) is 5.75 Å². The first kappa shape index (κ1) is 22.9. The Morgan fingerprint density at radius 2 is 1.75 bits per heavy atom. The SMILES string of the molecule is CCCCOc1ccc2ccccc2c1C=NNC(=O)CCC(=O)Nc1ccccc1F. The Morgan fingerprint density at radius 1 is 1.00 bits per heavy atom. The maximum Gasteiger partial charge on any atom is 0.240 e. The van der Waals surface area contributed by atoms with Gasteiger partial charge in [0.1, 0.15) is 11.6 Å². The molecule has 0 atom stereocenters. The molecule has 0 heterocycles. The van der Waals surface area contributed by atoms with Crippen molar-refractivity contribution in [2.24, 2.45) is 5.10 Å². The Bertz CT molecular complexity index is 1110. The van der Waals surface area contributed by atoms with Gasteiger partial charge in [-0.05, 0) is 35.4 Å². The summed E-state index contributed by atoms with van der Waals surface area (Å²) in [5, 5.41) is 8.51. The zero-order valence-corrected chi connectivity index (χ0v) is 17.9. The molecule has 0 aliphatic heterocycles. The number of ether oxygens (including phenoxy) is 1. The van der Waals surface area contributed by atoms with Crippen molar-refractivity contribution in [1.29, 1.82) is 0 Å². The highest BCUT2D eigenvalue weighted by Gasteiger charge is 2.10. The second kappa shape index (κ2) is 11.6. The summed E-state index contributed by atoms with van der Waals surface area (Å²) in [4.78, 5) is 24.1. The molecular formula is C25H26FN3O3. The van der Waals surface area contributed by atoms with Gasteiger partial charge in [-0.2, -0.15) is 5.10 Å². The van der Waals surface area contributed by atoms with Crippen molar-refractivity contribution in [3.05, 3.63) is 72.0 Å². The lowest BCUT2D eigenvalue weighted by Gasteiger charge is -2.11. The van der Waals surface area contributed by atoms with E-state index in [0.29, 0.717) is 12.4 Å². The lowest BCUT2D eigenvalue weighted by Crippen LogP contribution is -2.21. The van der Waals surface area contributed by atoms with Gasteiger partial charge in [0.25, 0.3) is 0 Å². The van der Waals surface area contributed by atoms with Gasteiger partial charge in [0.05, 0.1) is 18.5 Å². The molecule has 2 N–H and O–H groups in total. The lowest BCUT2D eigenvalue weighted by atomic mass is 10.0. The lowest BCUT2D eigenvalue weighted by molar-refractivity contribution is -0.124. The average molecular weight is 435 g/mol. The largest absolute Gasteiger partial charge is 0.493 e.